The van der Waals surface area contributed by atoms with Crippen LogP contribution in [0.2, 0.25) is 5.02 Å². The standard InChI is InChI=1S/C21H18ClNO6S/c1-3-27-21(26)23-13-4-6-15-12(8-19(24)29-18(15)9-13)11-28-20(25)16-10-14(30-2)5-7-17(16)22/h4-10H,3,11H2,1-2H3,(H,23,26). The van der Waals surface area contributed by atoms with Crippen molar-refractivity contribution in [1.82, 2.24) is 0 Å². The lowest BCUT2D eigenvalue weighted by atomic mass is 10.1. The van der Waals surface area contributed by atoms with Gasteiger partial charge in [-0.25, -0.2) is 14.4 Å². The topological polar surface area (TPSA) is 94.8 Å². The first-order valence-corrected chi connectivity index (χ1v) is 10.5. The van der Waals surface area contributed by atoms with Crippen LogP contribution in [0.25, 0.3) is 11.0 Å². The maximum Gasteiger partial charge on any atom is 0.411 e. The first-order valence-electron chi connectivity index (χ1n) is 8.92. The van der Waals surface area contributed by atoms with Gasteiger partial charge >= 0.3 is 17.7 Å². The normalized spacial score (nSPS) is 10.6. The van der Waals surface area contributed by atoms with Crippen molar-refractivity contribution in [3.8, 4) is 0 Å². The summed E-state index contributed by atoms with van der Waals surface area (Å²) in [6, 6.07) is 11.1. The molecule has 1 N–H and O–H groups in total. The predicted molar refractivity (Wildman–Crippen MR) is 115 cm³/mol. The Kier molecular flexibility index (Phi) is 7.02. The molecular weight excluding hydrogens is 430 g/mol. The van der Waals surface area contributed by atoms with E-state index in [1.54, 1.807) is 31.2 Å². The largest absolute Gasteiger partial charge is 0.457 e. The Hall–Kier alpha value is -2.97. The number of rotatable bonds is 6. The summed E-state index contributed by atoms with van der Waals surface area (Å²) in [7, 11) is 0. The van der Waals surface area contributed by atoms with Gasteiger partial charge in [0.15, 0.2) is 0 Å². The fourth-order valence-corrected chi connectivity index (χ4v) is 3.36. The predicted octanol–water partition coefficient (Wildman–Crippen LogP) is 5.09. The lowest BCUT2D eigenvalue weighted by molar-refractivity contribution is 0.0473. The molecule has 1 heterocycles. The fourth-order valence-electron chi connectivity index (χ4n) is 2.72. The maximum atomic E-state index is 12.5. The number of halogens is 1. The van der Waals surface area contributed by atoms with Gasteiger partial charge in [0.05, 0.1) is 17.2 Å². The van der Waals surface area contributed by atoms with Crippen LogP contribution in [-0.2, 0) is 16.1 Å². The number of fused-ring (bicyclic) bond motifs is 1. The van der Waals surface area contributed by atoms with Crippen molar-refractivity contribution in [2.75, 3.05) is 18.2 Å². The number of hydrogen-bond acceptors (Lipinski definition) is 7. The summed E-state index contributed by atoms with van der Waals surface area (Å²) in [6.07, 6.45) is 1.27. The van der Waals surface area contributed by atoms with Crippen LogP contribution in [-0.4, -0.2) is 24.9 Å². The molecule has 0 unspecified atom stereocenters. The zero-order chi connectivity index (χ0) is 21.7. The van der Waals surface area contributed by atoms with Gasteiger partial charge in [0.25, 0.3) is 0 Å². The molecule has 156 valence electrons. The van der Waals surface area contributed by atoms with Gasteiger partial charge in [-0.05, 0) is 43.5 Å². The van der Waals surface area contributed by atoms with Crippen molar-refractivity contribution in [3.63, 3.8) is 0 Å². The van der Waals surface area contributed by atoms with Crippen LogP contribution in [0, 0.1) is 0 Å². The van der Waals surface area contributed by atoms with Gasteiger partial charge in [0.2, 0.25) is 0 Å². The minimum atomic E-state index is -0.617. The molecule has 2 aromatic carbocycles. The molecule has 0 bridgehead atoms. The summed E-state index contributed by atoms with van der Waals surface area (Å²) in [4.78, 5) is 36.9. The number of esters is 1. The van der Waals surface area contributed by atoms with E-state index in [0.29, 0.717) is 16.6 Å². The van der Waals surface area contributed by atoms with Crippen LogP contribution >= 0.6 is 23.4 Å². The van der Waals surface area contributed by atoms with Crippen LogP contribution < -0.4 is 10.9 Å². The van der Waals surface area contributed by atoms with Crippen LogP contribution in [0.15, 0.2) is 56.6 Å². The zero-order valence-corrected chi connectivity index (χ0v) is 17.8. The van der Waals surface area contributed by atoms with Crippen LogP contribution in [0.4, 0.5) is 10.5 Å². The molecule has 7 nitrogen and oxygen atoms in total. The van der Waals surface area contributed by atoms with E-state index in [4.69, 9.17) is 25.5 Å². The number of carbonyl (C=O) groups is 2. The van der Waals surface area contributed by atoms with Gasteiger partial charge in [-0.15, -0.1) is 11.8 Å². The van der Waals surface area contributed by atoms with E-state index in [-0.39, 0.29) is 29.4 Å². The summed E-state index contributed by atoms with van der Waals surface area (Å²) in [6.45, 7) is 1.77. The second-order valence-electron chi connectivity index (χ2n) is 6.07. The molecule has 0 spiro atoms. The number of amides is 1. The van der Waals surface area contributed by atoms with Crippen molar-refractivity contribution >= 4 is 52.1 Å². The Labute approximate surface area is 181 Å². The maximum absolute atomic E-state index is 12.5. The second kappa shape index (κ2) is 9.69. The highest BCUT2D eigenvalue weighted by Crippen LogP contribution is 2.25. The highest BCUT2D eigenvalue weighted by Gasteiger charge is 2.15. The van der Waals surface area contributed by atoms with Crippen molar-refractivity contribution < 1.29 is 23.5 Å². The van der Waals surface area contributed by atoms with Crippen LogP contribution in [0.1, 0.15) is 22.8 Å². The van der Waals surface area contributed by atoms with Gasteiger partial charge in [-0.2, -0.15) is 0 Å². The molecule has 0 fully saturated rings. The van der Waals surface area contributed by atoms with Gasteiger partial charge in [0, 0.05) is 33.7 Å². The monoisotopic (exact) mass is 447 g/mol. The van der Waals surface area contributed by atoms with E-state index < -0.39 is 17.7 Å². The average Bonchev–Trinajstić information content (AvgIpc) is 2.72. The summed E-state index contributed by atoms with van der Waals surface area (Å²) < 4.78 is 15.4. The molecule has 0 atom stereocenters. The summed E-state index contributed by atoms with van der Waals surface area (Å²) in [5.41, 5.74) is 0.750. The smallest absolute Gasteiger partial charge is 0.411 e. The Morgan fingerprint density at radius 3 is 2.67 bits per heavy atom. The number of hydrogen-bond donors (Lipinski definition) is 1. The Bertz CT molecular complexity index is 1160. The highest BCUT2D eigenvalue weighted by molar-refractivity contribution is 7.98. The van der Waals surface area contributed by atoms with Crippen molar-refractivity contribution in [1.29, 1.82) is 0 Å². The summed E-state index contributed by atoms with van der Waals surface area (Å²) in [5, 5.41) is 3.39. The third-order valence-corrected chi connectivity index (χ3v) is 5.16. The zero-order valence-electron chi connectivity index (χ0n) is 16.2. The molecule has 30 heavy (non-hydrogen) atoms. The third-order valence-electron chi connectivity index (χ3n) is 4.10. The molecule has 9 heteroatoms. The molecule has 0 aliphatic carbocycles. The Morgan fingerprint density at radius 2 is 1.93 bits per heavy atom. The van der Waals surface area contributed by atoms with E-state index in [9.17, 15) is 14.4 Å². The molecule has 3 rings (SSSR count). The number of thioether (sulfide) groups is 1. The van der Waals surface area contributed by atoms with Crippen LogP contribution in [0.5, 0.6) is 0 Å². The molecule has 0 saturated heterocycles. The molecule has 0 aliphatic rings. The lowest BCUT2D eigenvalue weighted by Crippen LogP contribution is -2.13. The number of carbonyl (C=O) groups excluding carboxylic acids is 2. The minimum absolute atomic E-state index is 0.147. The van der Waals surface area contributed by atoms with Gasteiger partial charge in [-0.3, -0.25) is 5.32 Å². The summed E-state index contributed by atoms with van der Waals surface area (Å²) >= 11 is 7.59. The van der Waals surface area contributed by atoms with E-state index in [1.165, 1.54) is 23.9 Å². The quantitative estimate of drug-likeness (QED) is 0.319. The van der Waals surface area contributed by atoms with E-state index in [1.807, 2.05) is 12.3 Å². The number of nitrogens with one attached hydrogen (secondary N) is 1. The van der Waals surface area contributed by atoms with Crippen molar-refractivity contribution in [2.45, 2.75) is 18.4 Å². The number of ether oxygens (including phenoxy) is 2. The van der Waals surface area contributed by atoms with Gasteiger partial charge < -0.3 is 13.9 Å². The second-order valence-corrected chi connectivity index (χ2v) is 7.36. The molecule has 0 radical (unpaired) electrons. The SMILES string of the molecule is CCOC(=O)Nc1ccc2c(COC(=O)c3cc(SC)ccc3Cl)cc(=O)oc2c1. The average molecular weight is 448 g/mol. The molecule has 1 aromatic heterocycles. The molecule has 0 aliphatic heterocycles. The van der Waals surface area contributed by atoms with Gasteiger partial charge in [-0.1, -0.05) is 11.6 Å². The van der Waals surface area contributed by atoms with E-state index in [2.05, 4.69) is 5.32 Å². The van der Waals surface area contributed by atoms with Crippen molar-refractivity contribution in [2.24, 2.45) is 0 Å². The van der Waals surface area contributed by atoms with E-state index in [0.717, 1.165) is 4.90 Å². The summed E-state index contributed by atoms with van der Waals surface area (Å²) in [5.74, 6) is -0.599. The lowest BCUT2D eigenvalue weighted by Gasteiger charge is -2.10. The highest BCUT2D eigenvalue weighted by atomic mass is 35.5. The minimum Gasteiger partial charge on any atom is -0.457 e. The number of anilines is 1. The van der Waals surface area contributed by atoms with E-state index >= 15 is 0 Å². The fraction of sp³-hybridized carbons (Fsp3) is 0.190. The Morgan fingerprint density at radius 1 is 1.13 bits per heavy atom. The molecule has 0 saturated carbocycles. The van der Waals surface area contributed by atoms with Gasteiger partial charge in [0.1, 0.15) is 12.2 Å². The molecule has 3 aromatic rings. The number of benzene rings is 2. The first-order chi connectivity index (χ1) is 14.4. The third kappa shape index (κ3) is 5.14. The molecular formula is C21H18ClNO6S. The van der Waals surface area contributed by atoms with Crippen molar-refractivity contribution in [3.05, 3.63) is 69.0 Å². The first kappa shape index (κ1) is 21.7. The molecule has 1 amide bonds. The van der Waals surface area contributed by atoms with Crippen LogP contribution in [0.3, 0.4) is 0 Å². The Balaban J connectivity index is 1.83.